The first kappa shape index (κ1) is 27.5. The molecule has 2 aromatic heterocycles. The molecule has 2 heterocycles. The van der Waals surface area contributed by atoms with Crippen molar-refractivity contribution in [2.24, 2.45) is 0 Å². The topological polar surface area (TPSA) is 29.5 Å². The van der Waals surface area contributed by atoms with Gasteiger partial charge in [0, 0.05) is 32.8 Å². The number of anilines is 3. The fraction of sp³-hybridized carbons (Fsp3) is 0. The Morgan fingerprint density at radius 2 is 1.06 bits per heavy atom. The molecule has 0 aliphatic heterocycles. The fourth-order valence-electron chi connectivity index (χ4n) is 7.39. The summed E-state index contributed by atoms with van der Waals surface area (Å²) in [7, 11) is 0. The molecule has 3 heteroatoms. The van der Waals surface area contributed by atoms with Gasteiger partial charge in [-0.15, -0.1) is 0 Å². The molecule has 10 rings (SSSR count). The van der Waals surface area contributed by atoms with Gasteiger partial charge in [-0.2, -0.15) is 0 Å². The molecule has 0 aliphatic rings. The van der Waals surface area contributed by atoms with Crippen LogP contribution in [0.25, 0.3) is 76.9 Å². The van der Waals surface area contributed by atoms with Crippen molar-refractivity contribution < 1.29 is 8.83 Å². The maximum absolute atomic E-state index is 6.67. The van der Waals surface area contributed by atoms with Crippen LogP contribution in [0.1, 0.15) is 0 Å². The van der Waals surface area contributed by atoms with E-state index in [1.165, 1.54) is 0 Å². The monoisotopic (exact) mass is 627 g/mol. The Balaban J connectivity index is 1.23. The third-order valence-corrected chi connectivity index (χ3v) is 9.65. The van der Waals surface area contributed by atoms with Crippen LogP contribution in [-0.2, 0) is 0 Å². The van der Waals surface area contributed by atoms with E-state index >= 15 is 0 Å². The van der Waals surface area contributed by atoms with E-state index in [2.05, 4.69) is 169 Å². The second-order valence-corrected chi connectivity index (χ2v) is 12.5. The summed E-state index contributed by atoms with van der Waals surface area (Å²) in [4.78, 5) is 2.39. The van der Waals surface area contributed by atoms with Crippen LogP contribution in [0.4, 0.5) is 17.1 Å². The first-order valence-corrected chi connectivity index (χ1v) is 16.6. The molecule has 0 N–H and O–H groups in total. The Morgan fingerprint density at radius 3 is 2.00 bits per heavy atom. The minimum atomic E-state index is 0.861. The normalized spacial score (nSPS) is 11.7. The van der Waals surface area contributed by atoms with Gasteiger partial charge in [0.2, 0.25) is 0 Å². The summed E-state index contributed by atoms with van der Waals surface area (Å²) in [5.74, 6) is 0. The van der Waals surface area contributed by atoms with Crippen molar-refractivity contribution in [1.29, 1.82) is 0 Å². The molecule has 0 unspecified atom stereocenters. The molecule has 0 atom stereocenters. The van der Waals surface area contributed by atoms with E-state index in [1.807, 2.05) is 12.1 Å². The zero-order valence-electron chi connectivity index (χ0n) is 26.5. The smallest absolute Gasteiger partial charge is 0.143 e. The van der Waals surface area contributed by atoms with Crippen LogP contribution in [0, 0.1) is 0 Å². The maximum atomic E-state index is 6.67. The molecule has 0 saturated heterocycles. The van der Waals surface area contributed by atoms with E-state index in [1.54, 1.807) is 0 Å². The molecule has 0 saturated carbocycles. The van der Waals surface area contributed by atoms with Gasteiger partial charge in [-0.25, -0.2) is 0 Å². The van der Waals surface area contributed by atoms with Gasteiger partial charge in [0.25, 0.3) is 0 Å². The minimum Gasteiger partial charge on any atom is -0.456 e. The van der Waals surface area contributed by atoms with E-state index in [9.17, 15) is 0 Å². The average Bonchev–Trinajstić information content (AvgIpc) is 3.75. The Morgan fingerprint density at radius 1 is 0.367 bits per heavy atom. The average molecular weight is 628 g/mol. The summed E-state index contributed by atoms with van der Waals surface area (Å²) in [5, 5.41) is 6.70. The predicted octanol–water partition coefficient (Wildman–Crippen LogP) is 13.4. The summed E-state index contributed by atoms with van der Waals surface area (Å²) >= 11 is 0. The molecule has 0 bridgehead atoms. The molecular formula is C46H29NO2. The first-order valence-electron chi connectivity index (χ1n) is 16.6. The largest absolute Gasteiger partial charge is 0.456 e. The zero-order chi connectivity index (χ0) is 32.3. The van der Waals surface area contributed by atoms with Crippen LogP contribution in [0.3, 0.4) is 0 Å². The molecule has 0 aliphatic carbocycles. The molecular weight excluding hydrogens is 599 g/mol. The number of furan rings is 2. The number of hydrogen-bond acceptors (Lipinski definition) is 3. The predicted molar refractivity (Wildman–Crippen MR) is 204 cm³/mol. The summed E-state index contributed by atoms with van der Waals surface area (Å²) in [6.07, 6.45) is 0. The molecule has 0 fully saturated rings. The number of rotatable bonds is 5. The van der Waals surface area contributed by atoms with E-state index in [0.29, 0.717) is 0 Å². The van der Waals surface area contributed by atoms with E-state index in [0.717, 1.165) is 94.0 Å². The van der Waals surface area contributed by atoms with Crippen molar-refractivity contribution >= 4 is 71.7 Å². The van der Waals surface area contributed by atoms with E-state index < -0.39 is 0 Å². The van der Waals surface area contributed by atoms with E-state index in [4.69, 9.17) is 8.83 Å². The van der Waals surface area contributed by atoms with Gasteiger partial charge >= 0.3 is 0 Å². The number of para-hydroxylation sites is 2. The highest BCUT2D eigenvalue weighted by Gasteiger charge is 2.23. The second kappa shape index (κ2) is 11.0. The van der Waals surface area contributed by atoms with Gasteiger partial charge in [-0.1, -0.05) is 121 Å². The Labute approximate surface area is 282 Å². The quantitative estimate of drug-likeness (QED) is 0.190. The third kappa shape index (κ3) is 4.44. The van der Waals surface area contributed by atoms with Crippen molar-refractivity contribution in [3.63, 3.8) is 0 Å². The molecule has 3 nitrogen and oxygen atoms in total. The Kier molecular flexibility index (Phi) is 6.18. The third-order valence-electron chi connectivity index (χ3n) is 9.65. The van der Waals surface area contributed by atoms with Gasteiger partial charge < -0.3 is 13.7 Å². The lowest BCUT2D eigenvalue weighted by Crippen LogP contribution is -2.11. The Hall–Kier alpha value is -6.58. The molecule has 8 aromatic carbocycles. The number of fused-ring (bicyclic) bond motifs is 8. The van der Waals surface area contributed by atoms with Crippen molar-refractivity contribution in [1.82, 2.24) is 0 Å². The molecule has 10 aromatic rings. The fourth-order valence-corrected chi connectivity index (χ4v) is 7.39. The van der Waals surface area contributed by atoms with Gasteiger partial charge in [0.1, 0.15) is 22.3 Å². The lowest BCUT2D eigenvalue weighted by atomic mass is 9.99. The summed E-state index contributed by atoms with van der Waals surface area (Å²) in [6.45, 7) is 0. The van der Waals surface area contributed by atoms with Gasteiger partial charge in [-0.05, 0) is 76.7 Å². The van der Waals surface area contributed by atoms with Crippen LogP contribution in [0.15, 0.2) is 185 Å². The van der Waals surface area contributed by atoms with Crippen molar-refractivity contribution in [3.05, 3.63) is 176 Å². The SMILES string of the molecule is c1ccc(-c2ccccc2N(c2cccc(-c3ccc4oc5ccccc5c4c3)c2)c2cccc3oc4c5ccccc5ccc4c23)cc1. The number of hydrogen-bond donors (Lipinski definition) is 0. The van der Waals surface area contributed by atoms with Gasteiger partial charge in [0.05, 0.1) is 16.8 Å². The zero-order valence-corrected chi connectivity index (χ0v) is 26.5. The summed E-state index contributed by atoms with van der Waals surface area (Å²) in [5.41, 5.74) is 11.3. The van der Waals surface area contributed by atoms with E-state index in [-0.39, 0.29) is 0 Å². The van der Waals surface area contributed by atoms with Crippen LogP contribution in [0.2, 0.25) is 0 Å². The standard InChI is InChI=1S/C46H29NO2/c1-2-12-30(13-3-1)35-17-6-8-20-40(35)47(41-21-11-23-44-45(41)38-26-24-31-14-4-5-18-36(31)46(38)49-44)34-16-10-15-32(28-34)33-25-27-43-39(29-33)37-19-7-9-22-42(37)48-43/h1-29H. The Bertz CT molecular complexity index is 2840. The molecule has 0 spiro atoms. The molecule has 49 heavy (non-hydrogen) atoms. The number of nitrogens with zero attached hydrogens (tertiary/aromatic N) is 1. The van der Waals surface area contributed by atoms with Crippen molar-refractivity contribution in [2.75, 3.05) is 4.90 Å². The lowest BCUT2D eigenvalue weighted by molar-refractivity contribution is 0.669. The molecule has 230 valence electrons. The van der Waals surface area contributed by atoms with Crippen LogP contribution < -0.4 is 4.90 Å². The maximum Gasteiger partial charge on any atom is 0.143 e. The molecule has 0 amide bonds. The second-order valence-electron chi connectivity index (χ2n) is 12.5. The van der Waals surface area contributed by atoms with Gasteiger partial charge in [0.15, 0.2) is 0 Å². The summed E-state index contributed by atoms with van der Waals surface area (Å²) < 4.78 is 12.8. The minimum absolute atomic E-state index is 0.861. The van der Waals surface area contributed by atoms with Crippen LogP contribution in [0.5, 0.6) is 0 Å². The highest BCUT2D eigenvalue weighted by Crippen LogP contribution is 2.47. The van der Waals surface area contributed by atoms with Crippen LogP contribution in [-0.4, -0.2) is 0 Å². The molecule has 0 radical (unpaired) electrons. The highest BCUT2D eigenvalue weighted by molar-refractivity contribution is 6.20. The van der Waals surface area contributed by atoms with Gasteiger partial charge in [-0.3, -0.25) is 0 Å². The van der Waals surface area contributed by atoms with Crippen LogP contribution >= 0.6 is 0 Å². The number of benzene rings is 8. The van der Waals surface area contributed by atoms with Crippen molar-refractivity contribution in [3.8, 4) is 22.3 Å². The highest BCUT2D eigenvalue weighted by atomic mass is 16.3. The first-order chi connectivity index (χ1) is 24.3. The van der Waals surface area contributed by atoms with Crippen molar-refractivity contribution in [2.45, 2.75) is 0 Å². The summed E-state index contributed by atoms with van der Waals surface area (Å²) in [6, 6.07) is 62.1. The lowest BCUT2D eigenvalue weighted by Gasteiger charge is -2.29.